The summed E-state index contributed by atoms with van der Waals surface area (Å²) in [4.78, 5) is 26.6. The molecule has 2 N–H and O–H groups in total. The first-order valence-electron chi connectivity index (χ1n) is 8.58. The van der Waals surface area contributed by atoms with E-state index in [1.807, 2.05) is 12.1 Å². The van der Waals surface area contributed by atoms with E-state index in [0.29, 0.717) is 37.3 Å². The van der Waals surface area contributed by atoms with E-state index in [9.17, 15) is 14.7 Å². The first kappa shape index (κ1) is 18.7. The first-order chi connectivity index (χ1) is 12.5. The minimum Gasteiger partial charge on any atom is -0.467 e. The molecule has 2 aromatic rings. The SMILES string of the molecule is O=C(NCC(O)c1ccco1)C1CCN(C(=O)c2ccc(Br)cc2)CC1. The number of nitrogens with zero attached hydrogens (tertiary/aromatic N) is 1. The average Bonchev–Trinajstić information content (AvgIpc) is 3.21. The minimum absolute atomic E-state index is 0.00963. The van der Waals surface area contributed by atoms with Crippen LogP contribution >= 0.6 is 15.9 Å². The summed E-state index contributed by atoms with van der Waals surface area (Å²) in [7, 11) is 0. The lowest BCUT2D eigenvalue weighted by Crippen LogP contribution is -2.43. The second-order valence-corrected chi connectivity index (χ2v) is 7.27. The number of furan rings is 1. The second-order valence-electron chi connectivity index (χ2n) is 6.35. The summed E-state index contributed by atoms with van der Waals surface area (Å²) < 4.78 is 6.05. The van der Waals surface area contributed by atoms with Crippen LogP contribution in [0.3, 0.4) is 0 Å². The van der Waals surface area contributed by atoms with Crippen molar-refractivity contribution in [3.63, 3.8) is 0 Å². The lowest BCUT2D eigenvalue weighted by molar-refractivity contribution is -0.126. The monoisotopic (exact) mass is 420 g/mol. The highest BCUT2D eigenvalue weighted by Crippen LogP contribution is 2.21. The predicted octanol–water partition coefficient (Wildman–Crippen LogP) is 2.74. The van der Waals surface area contributed by atoms with E-state index in [4.69, 9.17) is 4.42 Å². The molecule has 1 unspecified atom stereocenters. The molecule has 2 heterocycles. The van der Waals surface area contributed by atoms with Crippen molar-refractivity contribution in [2.24, 2.45) is 5.92 Å². The van der Waals surface area contributed by atoms with Gasteiger partial charge in [0.2, 0.25) is 5.91 Å². The van der Waals surface area contributed by atoms with Gasteiger partial charge in [0.15, 0.2) is 0 Å². The highest BCUT2D eigenvalue weighted by Gasteiger charge is 2.28. The second kappa shape index (κ2) is 8.51. The fraction of sp³-hybridized carbons (Fsp3) is 0.368. The lowest BCUT2D eigenvalue weighted by Gasteiger charge is -2.31. The van der Waals surface area contributed by atoms with Crippen LogP contribution in [0.4, 0.5) is 0 Å². The van der Waals surface area contributed by atoms with Crippen molar-refractivity contribution in [2.45, 2.75) is 18.9 Å². The average molecular weight is 421 g/mol. The number of likely N-dealkylation sites (tertiary alicyclic amines) is 1. The molecule has 1 aromatic carbocycles. The molecule has 1 aliphatic rings. The summed E-state index contributed by atoms with van der Waals surface area (Å²) in [6, 6.07) is 10.6. The van der Waals surface area contributed by atoms with Crippen LogP contribution in [0.25, 0.3) is 0 Å². The summed E-state index contributed by atoms with van der Waals surface area (Å²) >= 11 is 3.36. The number of carbonyl (C=O) groups is 2. The number of hydrogen-bond acceptors (Lipinski definition) is 4. The van der Waals surface area contributed by atoms with E-state index in [1.165, 1.54) is 6.26 Å². The van der Waals surface area contributed by atoms with Gasteiger partial charge in [-0.25, -0.2) is 0 Å². The van der Waals surface area contributed by atoms with E-state index in [0.717, 1.165) is 4.47 Å². The molecule has 1 atom stereocenters. The van der Waals surface area contributed by atoms with Crippen LogP contribution in [-0.2, 0) is 4.79 Å². The molecule has 3 rings (SSSR count). The van der Waals surface area contributed by atoms with Crippen molar-refractivity contribution in [1.29, 1.82) is 0 Å². The molecule has 0 saturated carbocycles. The fourth-order valence-corrected chi connectivity index (χ4v) is 3.31. The van der Waals surface area contributed by atoms with Crippen molar-refractivity contribution in [3.05, 3.63) is 58.5 Å². The number of aliphatic hydroxyl groups excluding tert-OH is 1. The Balaban J connectivity index is 1.46. The van der Waals surface area contributed by atoms with Crippen LogP contribution in [0.15, 0.2) is 51.6 Å². The number of aliphatic hydroxyl groups is 1. The van der Waals surface area contributed by atoms with Gasteiger partial charge < -0.3 is 19.7 Å². The van der Waals surface area contributed by atoms with Gasteiger partial charge in [-0.05, 0) is 49.2 Å². The third kappa shape index (κ3) is 4.53. The summed E-state index contributed by atoms with van der Waals surface area (Å²) in [6.45, 7) is 1.21. The van der Waals surface area contributed by atoms with E-state index in [2.05, 4.69) is 21.2 Å². The number of carbonyl (C=O) groups excluding carboxylic acids is 2. The number of nitrogens with one attached hydrogen (secondary N) is 1. The van der Waals surface area contributed by atoms with Gasteiger partial charge in [-0.1, -0.05) is 15.9 Å². The predicted molar refractivity (Wildman–Crippen MR) is 99.4 cm³/mol. The molecule has 1 saturated heterocycles. The van der Waals surface area contributed by atoms with E-state index in [-0.39, 0.29) is 24.3 Å². The maximum atomic E-state index is 12.5. The highest BCUT2D eigenvalue weighted by molar-refractivity contribution is 9.10. The number of halogens is 1. The van der Waals surface area contributed by atoms with Crippen LogP contribution < -0.4 is 5.32 Å². The van der Waals surface area contributed by atoms with Crippen LogP contribution in [0.1, 0.15) is 35.1 Å². The molecule has 2 amide bonds. The fourth-order valence-electron chi connectivity index (χ4n) is 3.04. The van der Waals surface area contributed by atoms with Crippen LogP contribution in [-0.4, -0.2) is 41.5 Å². The van der Waals surface area contributed by atoms with Gasteiger partial charge in [0.25, 0.3) is 5.91 Å². The molecule has 0 aliphatic carbocycles. The Kier molecular flexibility index (Phi) is 6.11. The smallest absolute Gasteiger partial charge is 0.253 e. The number of piperidine rings is 1. The Morgan fingerprint density at radius 3 is 2.54 bits per heavy atom. The largest absolute Gasteiger partial charge is 0.467 e. The van der Waals surface area contributed by atoms with Crippen molar-refractivity contribution in [3.8, 4) is 0 Å². The Morgan fingerprint density at radius 1 is 1.23 bits per heavy atom. The normalized spacial score (nSPS) is 16.3. The van der Waals surface area contributed by atoms with Gasteiger partial charge in [-0.3, -0.25) is 9.59 Å². The number of hydrogen-bond donors (Lipinski definition) is 2. The maximum Gasteiger partial charge on any atom is 0.253 e. The Morgan fingerprint density at radius 2 is 1.92 bits per heavy atom. The van der Waals surface area contributed by atoms with Crippen LogP contribution in [0.5, 0.6) is 0 Å². The van der Waals surface area contributed by atoms with Crippen molar-refractivity contribution < 1.29 is 19.1 Å². The van der Waals surface area contributed by atoms with Crippen molar-refractivity contribution >= 4 is 27.7 Å². The quantitative estimate of drug-likeness (QED) is 0.778. The van der Waals surface area contributed by atoms with Crippen LogP contribution in [0, 0.1) is 5.92 Å². The zero-order valence-electron chi connectivity index (χ0n) is 14.2. The minimum atomic E-state index is -0.854. The van der Waals surface area contributed by atoms with Gasteiger partial charge in [-0.2, -0.15) is 0 Å². The number of rotatable bonds is 5. The Labute approximate surface area is 160 Å². The third-order valence-electron chi connectivity index (χ3n) is 4.59. The topological polar surface area (TPSA) is 82.8 Å². The summed E-state index contributed by atoms with van der Waals surface area (Å²) in [5.74, 6) is 0.184. The van der Waals surface area contributed by atoms with E-state index < -0.39 is 6.10 Å². The molecule has 26 heavy (non-hydrogen) atoms. The summed E-state index contributed by atoms with van der Waals surface area (Å²) in [5, 5.41) is 12.7. The molecule has 1 aromatic heterocycles. The third-order valence-corrected chi connectivity index (χ3v) is 5.11. The number of benzene rings is 1. The molecule has 7 heteroatoms. The molecular weight excluding hydrogens is 400 g/mol. The molecule has 1 fully saturated rings. The van der Waals surface area contributed by atoms with E-state index in [1.54, 1.807) is 29.2 Å². The van der Waals surface area contributed by atoms with Gasteiger partial charge in [0.05, 0.1) is 12.8 Å². The van der Waals surface area contributed by atoms with Gasteiger partial charge in [0, 0.05) is 29.0 Å². The van der Waals surface area contributed by atoms with Gasteiger partial charge >= 0.3 is 0 Å². The zero-order chi connectivity index (χ0) is 18.5. The van der Waals surface area contributed by atoms with Crippen molar-refractivity contribution in [2.75, 3.05) is 19.6 Å². The first-order valence-corrected chi connectivity index (χ1v) is 9.38. The Hall–Kier alpha value is -2.12. The molecule has 0 spiro atoms. The number of amides is 2. The van der Waals surface area contributed by atoms with Crippen molar-refractivity contribution in [1.82, 2.24) is 10.2 Å². The van der Waals surface area contributed by atoms with Gasteiger partial charge in [0.1, 0.15) is 11.9 Å². The Bertz CT molecular complexity index is 737. The lowest BCUT2D eigenvalue weighted by atomic mass is 9.95. The standard InChI is InChI=1S/C19H21BrN2O4/c20-15-5-3-14(4-6-15)19(25)22-9-7-13(8-10-22)18(24)21-12-16(23)17-2-1-11-26-17/h1-6,11,13,16,23H,7-10,12H2,(H,21,24). The summed E-state index contributed by atoms with van der Waals surface area (Å²) in [6.07, 6.45) is 1.86. The molecular formula is C19H21BrN2O4. The molecule has 138 valence electrons. The van der Waals surface area contributed by atoms with Crippen LogP contribution in [0.2, 0.25) is 0 Å². The maximum absolute atomic E-state index is 12.5. The molecule has 0 radical (unpaired) electrons. The molecule has 6 nitrogen and oxygen atoms in total. The zero-order valence-corrected chi connectivity index (χ0v) is 15.8. The highest BCUT2D eigenvalue weighted by atomic mass is 79.9. The molecule has 1 aliphatic heterocycles. The van der Waals surface area contributed by atoms with Gasteiger partial charge in [-0.15, -0.1) is 0 Å². The summed E-state index contributed by atoms with van der Waals surface area (Å²) in [5.41, 5.74) is 0.651. The molecule has 0 bridgehead atoms. The van der Waals surface area contributed by atoms with E-state index >= 15 is 0 Å².